The van der Waals surface area contributed by atoms with Gasteiger partial charge in [-0.25, -0.2) is 0 Å². The van der Waals surface area contributed by atoms with Gasteiger partial charge in [0.2, 0.25) is 0 Å². The highest BCUT2D eigenvalue weighted by Crippen LogP contribution is 2.28. The summed E-state index contributed by atoms with van der Waals surface area (Å²) < 4.78 is 0. The number of nitrogens with zero attached hydrogens (tertiary/aromatic N) is 1. The number of rotatable bonds is 7. The Bertz CT molecular complexity index is 409. The molecule has 1 fully saturated rings. The van der Waals surface area contributed by atoms with Crippen LogP contribution in [0.25, 0.3) is 0 Å². The Morgan fingerprint density at radius 2 is 2.05 bits per heavy atom. The molecule has 1 aromatic rings. The molecule has 2 nitrogen and oxygen atoms in total. The average Bonchev–Trinajstić information content (AvgIpc) is 2.53. The second-order valence-electron chi connectivity index (χ2n) is 6.39. The van der Waals surface area contributed by atoms with Gasteiger partial charge in [0.05, 0.1) is 0 Å². The Hall–Kier alpha value is -0.510. The Morgan fingerprint density at radius 3 is 2.71 bits per heavy atom. The third-order valence-corrected chi connectivity index (χ3v) is 5.42. The lowest BCUT2D eigenvalue weighted by atomic mass is 9.91. The van der Waals surface area contributed by atoms with Crippen molar-refractivity contribution >= 4 is 11.8 Å². The molecule has 0 aromatic heterocycles. The van der Waals surface area contributed by atoms with E-state index in [1.165, 1.54) is 37.1 Å². The van der Waals surface area contributed by atoms with Crippen LogP contribution in [0.1, 0.15) is 44.7 Å². The summed E-state index contributed by atoms with van der Waals surface area (Å²) in [6, 6.07) is 11.5. The third-order valence-electron chi connectivity index (χ3n) is 4.72. The quantitative estimate of drug-likeness (QED) is 0.768. The molecule has 1 heterocycles. The molecule has 1 aliphatic rings. The van der Waals surface area contributed by atoms with Gasteiger partial charge in [-0.3, -0.25) is 4.90 Å². The van der Waals surface area contributed by atoms with Crippen LogP contribution in [-0.4, -0.2) is 42.1 Å². The first-order chi connectivity index (χ1) is 10.2. The minimum absolute atomic E-state index is 0.269. The smallest absolute Gasteiger partial charge is 0.0473 e. The van der Waals surface area contributed by atoms with Gasteiger partial charge in [-0.1, -0.05) is 37.3 Å². The van der Waals surface area contributed by atoms with E-state index in [0.717, 1.165) is 13.1 Å². The van der Waals surface area contributed by atoms with Gasteiger partial charge >= 0.3 is 0 Å². The summed E-state index contributed by atoms with van der Waals surface area (Å²) in [6.07, 6.45) is 6.03. The molecule has 1 saturated heterocycles. The van der Waals surface area contributed by atoms with Crippen molar-refractivity contribution in [3.05, 3.63) is 35.9 Å². The first kappa shape index (κ1) is 16.9. The minimum Gasteiger partial charge on any atom is -0.308 e. The molecule has 0 aliphatic carbocycles. The van der Waals surface area contributed by atoms with Crippen molar-refractivity contribution in [1.82, 2.24) is 10.2 Å². The standard InChI is InChI=1S/C18H30N2S/c1-4-18(2)15-20(12-8-9-13-21-3)17(14-19-18)16-10-6-5-7-11-16/h5-7,10-11,17,19H,4,8-9,12-15H2,1-3H3. The van der Waals surface area contributed by atoms with E-state index in [2.05, 4.69) is 60.7 Å². The van der Waals surface area contributed by atoms with Crippen molar-refractivity contribution in [2.75, 3.05) is 31.6 Å². The van der Waals surface area contributed by atoms with Gasteiger partial charge in [0.15, 0.2) is 0 Å². The van der Waals surface area contributed by atoms with Crippen LogP contribution in [0.15, 0.2) is 30.3 Å². The van der Waals surface area contributed by atoms with Crippen molar-refractivity contribution in [1.29, 1.82) is 0 Å². The molecular formula is C18H30N2S. The maximum atomic E-state index is 3.78. The second-order valence-corrected chi connectivity index (χ2v) is 7.38. The minimum atomic E-state index is 0.269. The summed E-state index contributed by atoms with van der Waals surface area (Å²) in [7, 11) is 0. The van der Waals surface area contributed by atoms with E-state index < -0.39 is 0 Å². The molecule has 2 rings (SSSR count). The SMILES string of the molecule is CCC1(C)CN(CCCCSC)C(c2ccccc2)CN1. The number of benzene rings is 1. The Balaban J connectivity index is 2.03. The zero-order chi connectivity index (χ0) is 15.1. The highest BCUT2D eigenvalue weighted by Gasteiger charge is 2.34. The number of thioether (sulfide) groups is 1. The van der Waals surface area contributed by atoms with E-state index in [4.69, 9.17) is 0 Å². The van der Waals surface area contributed by atoms with E-state index in [9.17, 15) is 0 Å². The van der Waals surface area contributed by atoms with Crippen molar-refractivity contribution in [3.63, 3.8) is 0 Å². The first-order valence-corrected chi connectivity index (χ1v) is 9.61. The topological polar surface area (TPSA) is 15.3 Å². The monoisotopic (exact) mass is 306 g/mol. The Kier molecular flexibility index (Phi) is 6.59. The summed E-state index contributed by atoms with van der Waals surface area (Å²) in [5, 5.41) is 3.78. The van der Waals surface area contributed by atoms with Crippen molar-refractivity contribution < 1.29 is 0 Å². The van der Waals surface area contributed by atoms with Crippen LogP contribution in [0, 0.1) is 0 Å². The zero-order valence-corrected chi connectivity index (χ0v) is 14.6. The summed E-state index contributed by atoms with van der Waals surface area (Å²) in [5.74, 6) is 1.28. The van der Waals surface area contributed by atoms with Gasteiger partial charge in [-0.2, -0.15) is 11.8 Å². The summed E-state index contributed by atoms with van der Waals surface area (Å²) in [5.41, 5.74) is 1.72. The van der Waals surface area contributed by atoms with Gasteiger partial charge in [0.1, 0.15) is 0 Å². The summed E-state index contributed by atoms with van der Waals surface area (Å²) in [6.45, 7) is 8.10. The second kappa shape index (κ2) is 8.21. The molecular weight excluding hydrogens is 276 g/mol. The van der Waals surface area contributed by atoms with Crippen LogP contribution in [0.2, 0.25) is 0 Å². The van der Waals surface area contributed by atoms with E-state index in [0.29, 0.717) is 6.04 Å². The van der Waals surface area contributed by atoms with E-state index in [1.54, 1.807) is 0 Å². The Morgan fingerprint density at radius 1 is 1.29 bits per heavy atom. The van der Waals surface area contributed by atoms with Crippen LogP contribution in [-0.2, 0) is 0 Å². The molecule has 2 unspecified atom stereocenters. The molecule has 0 radical (unpaired) electrons. The molecule has 21 heavy (non-hydrogen) atoms. The van der Waals surface area contributed by atoms with Crippen LogP contribution < -0.4 is 5.32 Å². The molecule has 0 spiro atoms. The number of nitrogens with one attached hydrogen (secondary N) is 1. The lowest BCUT2D eigenvalue weighted by Gasteiger charge is -2.46. The number of unbranched alkanes of at least 4 members (excludes halogenated alkanes) is 1. The van der Waals surface area contributed by atoms with Crippen molar-refractivity contribution in [2.45, 2.75) is 44.7 Å². The van der Waals surface area contributed by atoms with Crippen LogP contribution in [0.4, 0.5) is 0 Å². The van der Waals surface area contributed by atoms with E-state index in [-0.39, 0.29) is 5.54 Å². The molecule has 0 bridgehead atoms. The number of hydrogen-bond acceptors (Lipinski definition) is 3. The first-order valence-electron chi connectivity index (χ1n) is 8.21. The summed E-state index contributed by atoms with van der Waals surface area (Å²) >= 11 is 1.96. The molecule has 118 valence electrons. The van der Waals surface area contributed by atoms with Crippen LogP contribution >= 0.6 is 11.8 Å². The molecule has 1 aromatic carbocycles. The molecule has 1 aliphatic heterocycles. The van der Waals surface area contributed by atoms with E-state index >= 15 is 0 Å². The lowest BCUT2D eigenvalue weighted by Crippen LogP contribution is -2.59. The molecule has 3 heteroatoms. The van der Waals surface area contributed by atoms with Gasteiger partial charge in [-0.15, -0.1) is 0 Å². The predicted octanol–water partition coefficient (Wildman–Crippen LogP) is 3.94. The fourth-order valence-electron chi connectivity index (χ4n) is 3.12. The van der Waals surface area contributed by atoms with Crippen molar-refractivity contribution in [3.8, 4) is 0 Å². The molecule has 1 N–H and O–H groups in total. The van der Waals surface area contributed by atoms with Gasteiger partial charge in [0.25, 0.3) is 0 Å². The highest BCUT2D eigenvalue weighted by molar-refractivity contribution is 7.98. The normalized spacial score (nSPS) is 26.9. The van der Waals surface area contributed by atoms with Gasteiger partial charge in [-0.05, 0) is 50.3 Å². The van der Waals surface area contributed by atoms with Gasteiger partial charge < -0.3 is 5.32 Å². The third kappa shape index (κ3) is 4.73. The van der Waals surface area contributed by atoms with E-state index in [1.807, 2.05) is 11.8 Å². The average molecular weight is 307 g/mol. The van der Waals surface area contributed by atoms with Crippen LogP contribution in [0.5, 0.6) is 0 Å². The van der Waals surface area contributed by atoms with Gasteiger partial charge in [0, 0.05) is 24.7 Å². The van der Waals surface area contributed by atoms with Crippen molar-refractivity contribution in [2.24, 2.45) is 0 Å². The largest absolute Gasteiger partial charge is 0.308 e. The maximum Gasteiger partial charge on any atom is 0.0473 e. The number of piperazine rings is 1. The molecule has 0 saturated carbocycles. The molecule has 2 atom stereocenters. The number of hydrogen-bond donors (Lipinski definition) is 1. The predicted molar refractivity (Wildman–Crippen MR) is 95.1 cm³/mol. The highest BCUT2D eigenvalue weighted by atomic mass is 32.2. The van der Waals surface area contributed by atoms with Crippen LogP contribution in [0.3, 0.4) is 0 Å². The summed E-state index contributed by atoms with van der Waals surface area (Å²) in [4.78, 5) is 2.70. The fourth-order valence-corrected chi connectivity index (χ4v) is 3.62. The lowest BCUT2D eigenvalue weighted by molar-refractivity contribution is 0.0828. The zero-order valence-electron chi connectivity index (χ0n) is 13.8. The maximum absolute atomic E-state index is 3.78. The fraction of sp³-hybridized carbons (Fsp3) is 0.667. The molecule has 0 amide bonds. The Labute approximate surface area is 134 Å².